The van der Waals surface area contributed by atoms with Gasteiger partial charge in [-0.2, -0.15) is 0 Å². The van der Waals surface area contributed by atoms with Crippen molar-refractivity contribution in [3.63, 3.8) is 0 Å². The summed E-state index contributed by atoms with van der Waals surface area (Å²) in [7, 11) is 0. The highest BCUT2D eigenvalue weighted by Gasteiger charge is 2.32. The topological polar surface area (TPSA) is 86.9 Å². The van der Waals surface area contributed by atoms with E-state index in [2.05, 4.69) is 0 Å². The third kappa shape index (κ3) is 3.62. The average molecular weight is 283 g/mol. The Balaban J connectivity index is 1.91. The fourth-order valence-corrected chi connectivity index (χ4v) is 3.32. The second kappa shape index (κ2) is 6.92. The van der Waals surface area contributed by atoms with E-state index in [0.717, 1.165) is 45.2 Å². The molecule has 0 aromatic carbocycles. The Morgan fingerprint density at radius 2 is 1.80 bits per heavy atom. The second-order valence-corrected chi connectivity index (χ2v) is 5.93. The number of likely N-dealkylation sites (tertiary alicyclic amines) is 2. The van der Waals surface area contributed by atoms with E-state index < -0.39 is 6.03 Å². The van der Waals surface area contributed by atoms with E-state index in [4.69, 9.17) is 10.8 Å². The Morgan fingerprint density at radius 3 is 2.50 bits per heavy atom. The quantitative estimate of drug-likeness (QED) is 0.786. The van der Waals surface area contributed by atoms with Gasteiger partial charge in [-0.1, -0.05) is 0 Å². The first-order valence-corrected chi connectivity index (χ1v) is 7.56. The van der Waals surface area contributed by atoms with Crippen LogP contribution in [0.2, 0.25) is 0 Å². The lowest BCUT2D eigenvalue weighted by atomic mass is 9.92. The minimum Gasteiger partial charge on any atom is -0.396 e. The van der Waals surface area contributed by atoms with Crippen LogP contribution in [0.4, 0.5) is 4.79 Å². The summed E-state index contributed by atoms with van der Waals surface area (Å²) in [6.45, 7) is 2.84. The number of amides is 3. The van der Waals surface area contributed by atoms with Crippen LogP contribution < -0.4 is 5.73 Å². The maximum Gasteiger partial charge on any atom is 0.314 e. The molecule has 2 aliphatic heterocycles. The normalized spacial score (nSPS) is 27.4. The maximum absolute atomic E-state index is 12.6. The van der Waals surface area contributed by atoms with E-state index in [0.29, 0.717) is 19.0 Å². The number of carbonyl (C=O) groups is 2. The van der Waals surface area contributed by atoms with Gasteiger partial charge in [-0.05, 0) is 38.0 Å². The highest BCUT2D eigenvalue weighted by atomic mass is 16.3. The summed E-state index contributed by atoms with van der Waals surface area (Å²) in [5.41, 5.74) is 5.30. The lowest BCUT2D eigenvalue weighted by Gasteiger charge is -2.37. The summed E-state index contributed by atoms with van der Waals surface area (Å²) in [5, 5.41) is 9.03. The predicted molar refractivity (Wildman–Crippen MR) is 74.9 cm³/mol. The van der Waals surface area contributed by atoms with Crippen LogP contribution in [0.15, 0.2) is 0 Å². The van der Waals surface area contributed by atoms with Crippen LogP contribution in [-0.2, 0) is 4.79 Å². The van der Waals surface area contributed by atoms with Gasteiger partial charge >= 0.3 is 6.03 Å². The van der Waals surface area contributed by atoms with Crippen molar-refractivity contribution >= 4 is 11.9 Å². The molecule has 0 aliphatic carbocycles. The lowest BCUT2D eigenvalue weighted by molar-refractivity contribution is -0.138. The Morgan fingerprint density at radius 1 is 1.10 bits per heavy atom. The molecule has 20 heavy (non-hydrogen) atoms. The van der Waals surface area contributed by atoms with Crippen molar-refractivity contribution < 1.29 is 14.7 Å². The molecule has 0 bridgehead atoms. The van der Waals surface area contributed by atoms with Crippen molar-refractivity contribution in [2.45, 2.75) is 32.1 Å². The number of primary amides is 1. The number of rotatable bonds is 3. The molecular formula is C14H25N3O3. The summed E-state index contributed by atoms with van der Waals surface area (Å²) in [6, 6.07) is -0.431. The van der Waals surface area contributed by atoms with Gasteiger partial charge in [0.2, 0.25) is 5.91 Å². The summed E-state index contributed by atoms with van der Waals surface area (Å²) in [6.07, 6.45) is 4.53. The van der Waals surface area contributed by atoms with Gasteiger partial charge in [-0.25, -0.2) is 4.79 Å². The first-order chi connectivity index (χ1) is 9.61. The number of aliphatic hydroxyl groups excluding tert-OH is 1. The number of hydrogen-bond acceptors (Lipinski definition) is 3. The molecule has 3 amide bonds. The number of piperidine rings is 2. The maximum atomic E-state index is 12.6. The summed E-state index contributed by atoms with van der Waals surface area (Å²) < 4.78 is 0. The smallest absolute Gasteiger partial charge is 0.314 e. The van der Waals surface area contributed by atoms with E-state index in [1.807, 2.05) is 4.90 Å². The van der Waals surface area contributed by atoms with Crippen LogP contribution in [0, 0.1) is 11.8 Å². The van der Waals surface area contributed by atoms with Crippen molar-refractivity contribution in [2.75, 3.05) is 32.8 Å². The summed E-state index contributed by atoms with van der Waals surface area (Å²) in [4.78, 5) is 27.3. The third-order valence-corrected chi connectivity index (χ3v) is 4.45. The molecule has 2 atom stereocenters. The van der Waals surface area contributed by atoms with Crippen molar-refractivity contribution in [3.8, 4) is 0 Å². The summed E-state index contributed by atoms with van der Waals surface area (Å²) >= 11 is 0. The lowest BCUT2D eigenvalue weighted by Crippen LogP contribution is -2.50. The molecule has 2 rings (SSSR count). The third-order valence-electron chi connectivity index (χ3n) is 4.45. The standard InChI is InChI=1S/C14H25N3O3/c15-14(20)17-7-2-4-12(10-17)13(19)16-6-1-3-11(9-16)5-8-18/h11-12,18H,1-10H2,(H2,15,20). The minimum atomic E-state index is -0.431. The van der Waals surface area contributed by atoms with E-state index in [1.165, 1.54) is 0 Å². The Bertz CT molecular complexity index is 360. The minimum absolute atomic E-state index is 0.107. The number of nitrogens with two attached hydrogens (primary N) is 1. The van der Waals surface area contributed by atoms with Crippen LogP contribution in [0.3, 0.4) is 0 Å². The number of nitrogens with zero attached hydrogens (tertiary/aromatic N) is 2. The zero-order valence-electron chi connectivity index (χ0n) is 12.0. The van der Waals surface area contributed by atoms with E-state index >= 15 is 0 Å². The number of urea groups is 1. The van der Waals surface area contributed by atoms with Gasteiger partial charge in [0.25, 0.3) is 0 Å². The molecule has 2 fully saturated rings. The molecule has 6 heteroatoms. The van der Waals surface area contributed by atoms with Crippen LogP contribution >= 0.6 is 0 Å². The van der Waals surface area contributed by atoms with E-state index in [9.17, 15) is 9.59 Å². The number of aliphatic hydroxyl groups is 1. The number of carbonyl (C=O) groups excluding carboxylic acids is 2. The molecule has 3 N–H and O–H groups in total. The fourth-order valence-electron chi connectivity index (χ4n) is 3.32. The Hall–Kier alpha value is -1.30. The molecule has 2 heterocycles. The van der Waals surface area contributed by atoms with Gasteiger partial charge in [0, 0.05) is 32.8 Å². The van der Waals surface area contributed by atoms with Gasteiger partial charge in [-0.15, -0.1) is 0 Å². The molecule has 2 saturated heterocycles. The Labute approximate surface area is 119 Å². The zero-order valence-corrected chi connectivity index (χ0v) is 12.0. The molecule has 6 nitrogen and oxygen atoms in total. The Kier molecular flexibility index (Phi) is 5.23. The molecule has 2 unspecified atom stereocenters. The van der Waals surface area contributed by atoms with Crippen molar-refractivity contribution in [1.82, 2.24) is 9.80 Å². The van der Waals surface area contributed by atoms with Crippen LogP contribution in [0.5, 0.6) is 0 Å². The monoisotopic (exact) mass is 283 g/mol. The van der Waals surface area contributed by atoms with Crippen LogP contribution in [0.1, 0.15) is 32.1 Å². The molecule has 0 aromatic heterocycles. The molecule has 2 aliphatic rings. The molecule has 114 valence electrons. The van der Waals surface area contributed by atoms with Gasteiger partial charge in [0.15, 0.2) is 0 Å². The van der Waals surface area contributed by atoms with Crippen molar-refractivity contribution in [1.29, 1.82) is 0 Å². The molecular weight excluding hydrogens is 258 g/mol. The van der Waals surface area contributed by atoms with Gasteiger partial charge in [-0.3, -0.25) is 4.79 Å². The van der Waals surface area contributed by atoms with Crippen molar-refractivity contribution in [2.24, 2.45) is 17.6 Å². The van der Waals surface area contributed by atoms with Crippen LogP contribution in [0.25, 0.3) is 0 Å². The largest absolute Gasteiger partial charge is 0.396 e. The van der Waals surface area contributed by atoms with E-state index in [1.54, 1.807) is 4.90 Å². The highest BCUT2D eigenvalue weighted by Crippen LogP contribution is 2.24. The summed E-state index contributed by atoms with van der Waals surface area (Å²) in [5.74, 6) is 0.455. The first kappa shape index (κ1) is 15.1. The first-order valence-electron chi connectivity index (χ1n) is 7.56. The second-order valence-electron chi connectivity index (χ2n) is 5.93. The van der Waals surface area contributed by atoms with E-state index in [-0.39, 0.29) is 18.4 Å². The van der Waals surface area contributed by atoms with Gasteiger partial charge in [0.05, 0.1) is 5.92 Å². The number of hydrogen-bond donors (Lipinski definition) is 2. The fraction of sp³-hybridized carbons (Fsp3) is 0.857. The molecule has 0 saturated carbocycles. The zero-order chi connectivity index (χ0) is 14.5. The molecule has 0 aromatic rings. The van der Waals surface area contributed by atoms with Gasteiger partial charge < -0.3 is 20.6 Å². The predicted octanol–water partition coefficient (Wildman–Crippen LogP) is 0.398. The van der Waals surface area contributed by atoms with Crippen molar-refractivity contribution in [3.05, 3.63) is 0 Å². The van der Waals surface area contributed by atoms with Crippen LogP contribution in [-0.4, -0.2) is 59.6 Å². The SMILES string of the molecule is NC(=O)N1CCCC(C(=O)N2CCCC(CCO)C2)C1. The molecule has 0 radical (unpaired) electrons. The highest BCUT2D eigenvalue weighted by molar-refractivity contribution is 5.80. The van der Waals surface area contributed by atoms with Gasteiger partial charge in [0.1, 0.15) is 0 Å². The average Bonchev–Trinajstić information content (AvgIpc) is 2.47. The molecule has 0 spiro atoms.